The number of aliphatic hydroxyl groups excluding tert-OH is 1. The maximum atomic E-state index is 14.8. The van der Waals surface area contributed by atoms with Crippen molar-refractivity contribution < 1.29 is 14.3 Å². The molecule has 35 heavy (non-hydrogen) atoms. The van der Waals surface area contributed by atoms with Gasteiger partial charge in [-0.05, 0) is 56.3 Å². The Labute approximate surface area is 205 Å². The molecule has 7 heteroatoms. The quantitative estimate of drug-likeness (QED) is 0.629. The molecule has 2 aliphatic heterocycles. The Bertz CT molecular complexity index is 1300. The number of aliphatic hydroxyl groups is 1. The summed E-state index contributed by atoms with van der Waals surface area (Å²) in [4.78, 5) is 19.3. The summed E-state index contributed by atoms with van der Waals surface area (Å²) in [5, 5.41) is 10.7. The van der Waals surface area contributed by atoms with Gasteiger partial charge in [0, 0.05) is 79.5 Å². The number of hydrogen-bond donors (Lipinski definition) is 1. The molecule has 0 radical (unpaired) electrons. The highest BCUT2D eigenvalue weighted by atomic mass is 19.1. The van der Waals surface area contributed by atoms with E-state index in [4.69, 9.17) is 0 Å². The van der Waals surface area contributed by atoms with Crippen LogP contribution in [0.2, 0.25) is 0 Å². The van der Waals surface area contributed by atoms with E-state index in [9.17, 15) is 14.3 Å². The van der Waals surface area contributed by atoms with Crippen LogP contribution in [0.4, 0.5) is 4.39 Å². The van der Waals surface area contributed by atoms with Crippen LogP contribution in [0.1, 0.15) is 45.4 Å². The number of rotatable bonds is 4. The number of aromatic nitrogens is 1. The van der Waals surface area contributed by atoms with Crippen LogP contribution in [0.5, 0.6) is 0 Å². The van der Waals surface area contributed by atoms with E-state index in [1.807, 2.05) is 25.2 Å². The second kappa shape index (κ2) is 8.43. The number of likely N-dealkylation sites (N-methyl/N-ethyl adjacent to an activating group) is 1. The molecule has 184 valence electrons. The monoisotopic (exact) mass is 476 g/mol. The largest absolute Gasteiger partial charge is 0.389 e. The van der Waals surface area contributed by atoms with Crippen molar-refractivity contribution in [3.8, 4) is 0 Å². The molecule has 2 saturated heterocycles. The number of amides is 1. The van der Waals surface area contributed by atoms with Crippen molar-refractivity contribution in [2.24, 2.45) is 7.05 Å². The third kappa shape index (κ3) is 3.68. The van der Waals surface area contributed by atoms with Crippen LogP contribution in [0.15, 0.2) is 42.6 Å². The lowest BCUT2D eigenvalue weighted by molar-refractivity contribution is 0.00590. The third-order valence-corrected chi connectivity index (χ3v) is 8.40. The molecule has 0 bridgehead atoms. The zero-order valence-electron chi connectivity index (χ0n) is 20.6. The van der Waals surface area contributed by atoms with Crippen molar-refractivity contribution >= 4 is 16.8 Å². The van der Waals surface area contributed by atoms with Gasteiger partial charge in [-0.15, -0.1) is 0 Å². The zero-order chi connectivity index (χ0) is 24.4. The number of aryl methyl sites for hydroxylation is 2. The molecule has 6 nitrogen and oxygen atoms in total. The highest BCUT2D eigenvalue weighted by Crippen LogP contribution is 2.43. The molecule has 2 fully saturated rings. The van der Waals surface area contributed by atoms with Crippen molar-refractivity contribution in [1.82, 2.24) is 19.3 Å². The summed E-state index contributed by atoms with van der Waals surface area (Å²) in [7, 11) is 6.30. The van der Waals surface area contributed by atoms with E-state index in [0.29, 0.717) is 24.7 Å². The molecule has 6 rings (SSSR count). The van der Waals surface area contributed by atoms with E-state index < -0.39 is 6.10 Å². The molecule has 0 saturated carbocycles. The number of likely N-dealkylation sites (tertiary alicyclic amines) is 2. The molecular weight excluding hydrogens is 443 g/mol. The summed E-state index contributed by atoms with van der Waals surface area (Å²) in [6.45, 7) is 2.60. The first-order valence-electron chi connectivity index (χ1n) is 12.6. The fourth-order valence-corrected chi connectivity index (χ4v) is 6.52. The molecule has 1 N–H and O–H groups in total. The minimum atomic E-state index is -0.405. The van der Waals surface area contributed by atoms with Gasteiger partial charge in [0.15, 0.2) is 0 Å². The number of hydrogen-bond acceptors (Lipinski definition) is 4. The summed E-state index contributed by atoms with van der Waals surface area (Å²) in [6.07, 6.45) is 3.71. The third-order valence-electron chi connectivity index (χ3n) is 8.40. The van der Waals surface area contributed by atoms with Crippen molar-refractivity contribution in [3.05, 3.63) is 70.7 Å². The lowest BCUT2D eigenvalue weighted by Crippen LogP contribution is -2.53. The molecule has 3 aliphatic rings. The smallest absolute Gasteiger partial charge is 0.254 e. The minimum Gasteiger partial charge on any atom is -0.389 e. The van der Waals surface area contributed by atoms with E-state index in [1.54, 1.807) is 11.0 Å². The predicted octanol–water partition coefficient (Wildman–Crippen LogP) is 3.15. The lowest BCUT2D eigenvalue weighted by atomic mass is 9.93. The fourth-order valence-electron chi connectivity index (χ4n) is 6.52. The summed E-state index contributed by atoms with van der Waals surface area (Å²) < 4.78 is 16.9. The molecule has 3 atom stereocenters. The molecule has 1 aromatic heterocycles. The van der Waals surface area contributed by atoms with Crippen LogP contribution in [-0.2, 0) is 13.5 Å². The summed E-state index contributed by atoms with van der Waals surface area (Å²) in [6, 6.07) is 11.9. The van der Waals surface area contributed by atoms with Crippen LogP contribution in [0, 0.1) is 5.82 Å². The number of fused-ring (bicyclic) bond motifs is 2. The first kappa shape index (κ1) is 22.7. The van der Waals surface area contributed by atoms with Gasteiger partial charge < -0.3 is 19.5 Å². The Morgan fingerprint density at radius 2 is 1.91 bits per heavy atom. The molecule has 1 amide bonds. The van der Waals surface area contributed by atoms with E-state index in [0.717, 1.165) is 42.6 Å². The number of β-amino-alcohol motifs (C(OH)–C–C–N with tert-alkyl or cyclic N) is 1. The summed E-state index contributed by atoms with van der Waals surface area (Å²) >= 11 is 0. The van der Waals surface area contributed by atoms with Crippen LogP contribution in [-0.4, -0.2) is 82.7 Å². The lowest BCUT2D eigenvalue weighted by Gasteiger charge is -2.35. The number of halogens is 1. The number of carbonyl (C=O) groups is 1. The van der Waals surface area contributed by atoms with Gasteiger partial charge in [-0.3, -0.25) is 9.69 Å². The van der Waals surface area contributed by atoms with Crippen molar-refractivity contribution in [2.75, 3.05) is 40.3 Å². The number of carbonyl (C=O) groups excluding carboxylic acids is 1. The van der Waals surface area contributed by atoms with Gasteiger partial charge in [-0.2, -0.15) is 0 Å². The first-order valence-corrected chi connectivity index (χ1v) is 12.6. The SMILES string of the molecule is CN(C)[C@H]1CN(C2CCc3cccc(F)c32)C[C@@H]1c1cn(C)c2cc(C(=O)N3CC(O)C3)ccc12. The van der Waals surface area contributed by atoms with Crippen molar-refractivity contribution in [3.63, 3.8) is 0 Å². The van der Waals surface area contributed by atoms with Gasteiger partial charge in [0.1, 0.15) is 5.82 Å². The van der Waals surface area contributed by atoms with Gasteiger partial charge in [-0.25, -0.2) is 4.39 Å². The topological polar surface area (TPSA) is 52.0 Å². The van der Waals surface area contributed by atoms with Crippen molar-refractivity contribution in [1.29, 1.82) is 0 Å². The highest BCUT2D eigenvalue weighted by Gasteiger charge is 2.42. The van der Waals surface area contributed by atoms with Gasteiger partial charge in [0.2, 0.25) is 0 Å². The van der Waals surface area contributed by atoms with Crippen molar-refractivity contribution in [2.45, 2.75) is 36.9 Å². The Morgan fingerprint density at radius 1 is 1.11 bits per heavy atom. The molecule has 3 aromatic rings. The van der Waals surface area contributed by atoms with Gasteiger partial charge >= 0.3 is 0 Å². The normalized spacial score (nSPS) is 25.0. The van der Waals surface area contributed by atoms with E-state index in [1.165, 1.54) is 10.9 Å². The van der Waals surface area contributed by atoms with Crippen LogP contribution >= 0.6 is 0 Å². The average molecular weight is 477 g/mol. The molecule has 0 spiro atoms. The predicted molar refractivity (Wildman–Crippen MR) is 134 cm³/mol. The van der Waals surface area contributed by atoms with Crippen LogP contribution in [0.25, 0.3) is 10.9 Å². The number of benzene rings is 2. The Kier molecular flexibility index (Phi) is 5.47. The maximum absolute atomic E-state index is 14.8. The second-order valence-electron chi connectivity index (χ2n) is 10.7. The molecular formula is C28H33FN4O2. The maximum Gasteiger partial charge on any atom is 0.254 e. The first-order chi connectivity index (χ1) is 16.8. The van der Waals surface area contributed by atoms with E-state index >= 15 is 0 Å². The highest BCUT2D eigenvalue weighted by molar-refractivity contribution is 5.99. The van der Waals surface area contributed by atoms with E-state index in [-0.39, 0.29) is 23.7 Å². The molecule has 1 unspecified atom stereocenters. The Hall–Kier alpha value is -2.74. The van der Waals surface area contributed by atoms with Crippen LogP contribution < -0.4 is 0 Å². The summed E-state index contributed by atoms with van der Waals surface area (Å²) in [5.74, 6) is 0.184. The molecule has 2 aromatic carbocycles. The second-order valence-corrected chi connectivity index (χ2v) is 10.7. The van der Waals surface area contributed by atoms with Gasteiger partial charge in [0.25, 0.3) is 5.91 Å². The standard InChI is InChI=1S/C28H33FN4O2/c1-30(2)26-16-32(24-10-8-17-5-4-6-23(29)27(17)24)15-22(26)21-14-31(3)25-11-18(7-9-20(21)25)28(35)33-12-19(34)13-33/h4-7,9,11,14,19,22,24,26,34H,8,10,12-13,15-16H2,1-3H3/t22-,24?,26+/m1/s1. The average Bonchev–Trinajstić information content (AvgIpc) is 3.52. The van der Waals surface area contributed by atoms with Crippen LogP contribution in [0.3, 0.4) is 0 Å². The Balaban J connectivity index is 1.32. The zero-order valence-corrected chi connectivity index (χ0v) is 20.6. The number of nitrogens with zero attached hydrogens (tertiary/aromatic N) is 4. The Morgan fingerprint density at radius 3 is 2.66 bits per heavy atom. The molecule has 1 aliphatic carbocycles. The molecule has 3 heterocycles. The van der Waals surface area contributed by atoms with E-state index in [2.05, 4.69) is 46.8 Å². The van der Waals surface area contributed by atoms with Gasteiger partial charge in [-0.1, -0.05) is 18.2 Å². The van der Waals surface area contributed by atoms with Gasteiger partial charge in [0.05, 0.1) is 6.10 Å². The summed E-state index contributed by atoms with van der Waals surface area (Å²) in [5.41, 5.74) is 5.03. The minimum absolute atomic E-state index is 0.0277. The fraction of sp³-hybridized carbons (Fsp3) is 0.464.